The molecular weight excluding hydrogens is 292 g/mol. The number of amides is 1. The van der Waals surface area contributed by atoms with E-state index in [2.05, 4.69) is 5.32 Å². The van der Waals surface area contributed by atoms with Crippen LogP contribution in [0.1, 0.15) is 24.9 Å². The third-order valence-electron chi connectivity index (χ3n) is 3.11. The lowest BCUT2D eigenvalue weighted by atomic mass is 10.1. The quantitative estimate of drug-likeness (QED) is 0.769. The zero-order chi connectivity index (χ0) is 16.0. The molecule has 0 saturated heterocycles. The third kappa shape index (κ3) is 6.14. The summed E-state index contributed by atoms with van der Waals surface area (Å²) >= 11 is 0. The van der Waals surface area contributed by atoms with Gasteiger partial charge in [0.15, 0.2) is 0 Å². The summed E-state index contributed by atoms with van der Waals surface area (Å²) in [6.07, 6.45) is 1.23. The summed E-state index contributed by atoms with van der Waals surface area (Å²) in [6, 6.07) is 6.27. The summed E-state index contributed by atoms with van der Waals surface area (Å²) in [4.78, 5) is 11.9. The van der Waals surface area contributed by atoms with Crippen molar-refractivity contribution >= 4 is 15.7 Å². The van der Waals surface area contributed by atoms with Crippen LogP contribution in [0.2, 0.25) is 0 Å². The molecule has 1 unspecified atom stereocenters. The van der Waals surface area contributed by atoms with E-state index in [9.17, 15) is 13.2 Å². The Labute approximate surface area is 125 Å². The van der Waals surface area contributed by atoms with Crippen molar-refractivity contribution in [1.29, 1.82) is 0 Å². The highest BCUT2D eigenvalue weighted by Gasteiger charge is 2.18. The summed E-state index contributed by atoms with van der Waals surface area (Å²) < 4.78 is 27.2. The van der Waals surface area contributed by atoms with Gasteiger partial charge in [0.2, 0.25) is 5.91 Å². The van der Waals surface area contributed by atoms with E-state index in [1.165, 1.54) is 0 Å². The van der Waals surface area contributed by atoms with Gasteiger partial charge in [-0.1, -0.05) is 12.1 Å². The molecule has 0 spiro atoms. The predicted octanol–water partition coefficient (Wildman–Crippen LogP) is 0.634. The van der Waals surface area contributed by atoms with Crippen molar-refractivity contribution in [3.63, 3.8) is 0 Å². The van der Waals surface area contributed by atoms with Crippen molar-refractivity contribution in [2.45, 2.75) is 25.4 Å². The number of carbonyl (C=O) groups is 1. The van der Waals surface area contributed by atoms with Crippen LogP contribution < -0.4 is 15.8 Å². The van der Waals surface area contributed by atoms with E-state index in [0.29, 0.717) is 0 Å². The smallest absolute Gasteiger partial charge is 0.237 e. The maximum atomic E-state index is 11.9. The monoisotopic (exact) mass is 314 g/mol. The fraction of sp³-hybridized carbons (Fsp3) is 0.500. The maximum absolute atomic E-state index is 11.9. The molecule has 0 aromatic heterocycles. The molecule has 0 fully saturated rings. The number of ether oxygens (including phenoxy) is 1. The molecule has 1 rings (SSSR count). The Hall–Kier alpha value is -1.60. The minimum absolute atomic E-state index is 0.0987. The molecule has 21 heavy (non-hydrogen) atoms. The topological polar surface area (TPSA) is 98.5 Å². The van der Waals surface area contributed by atoms with Crippen LogP contribution in [0, 0.1) is 0 Å². The molecule has 6 nitrogen and oxygen atoms in total. The highest BCUT2D eigenvalue weighted by atomic mass is 32.2. The zero-order valence-corrected chi connectivity index (χ0v) is 13.3. The lowest BCUT2D eigenvalue weighted by molar-refractivity contribution is -0.123. The van der Waals surface area contributed by atoms with Gasteiger partial charge in [-0.2, -0.15) is 0 Å². The van der Waals surface area contributed by atoms with Crippen LogP contribution in [0.4, 0.5) is 0 Å². The number of rotatable bonds is 7. The second-order valence-electron chi connectivity index (χ2n) is 5.03. The normalized spacial score (nSPS) is 14.3. The first-order chi connectivity index (χ1) is 9.73. The summed E-state index contributed by atoms with van der Waals surface area (Å²) in [5.41, 5.74) is 6.62. The SMILES string of the molecule is COc1ccc([C@@H](C)NC(=O)C(N)CCS(C)(=O)=O)cc1. The number of nitrogens with two attached hydrogens (primary N) is 1. The van der Waals surface area contributed by atoms with Gasteiger partial charge < -0.3 is 15.8 Å². The average molecular weight is 314 g/mol. The van der Waals surface area contributed by atoms with E-state index in [1.807, 2.05) is 31.2 Å². The van der Waals surface area contributed by atoms with Crippen LogP contribution in [0.5, 0.6) is 5.75 Å². The van der Waals surface area contributed by atoms with E-state index < -0.39 is 15.9 Å². The second kappa shape index (κ2) is 7.42. The van der Waals surface area contributed by atoms with Crippen molar-refractivity contribution in [3.8, 4) is 5.75 Å². The second-order valence-corrected chi connectivity index (χ2v) is 7.29. The highest BCUT2D eigenvalue weighted by molar-refractivity contribution is 7.90. The number of hydrogen-bond donors (Lipinski definition) is 2. The van der Waals surface area contributed by atoms with Crippen molar-refractivity contribution in [3.05, 3.63) is 29.8 Å². The molecule has 0 radical (unpaired) electrons. The van der Waals surface area contributed by atoms with E-state index >= 15 is 0 Å². The molecule has 1 amide bonds. The van der Waals surface area contributed by atoms with Crippen molar-refractivity contribution in [2.24, 2.45) is 5.73 Å². The Morgan fingerprint density at radius 2 is 1.90 bits per heavy atom. The van der Waals surface area contributed by atoms with Gasteiger partial charge in [0.05, 0.1) is 24.9 Å². The summed E-state index contributed by atoms with van der Waals surface area (Å²) in [6.45, 7) is 1.84. The Kier molecular flexibility index (Phi) is 6.17. The molecule has 0 aliphatic rings. The standard InChI is InChI=1S/C14H22N2O4S/c1-10(11-4-6-12(20-2)7-5-11)16-14(17)13(15)8-9-21(3,18)19/h4-7,10,13H,8-9,15H2,1-3H3,(H,16,17)/t10-,13?/m1/s1. The Bertz CT molecular complexity index is 569. The van der Waals surface area contributed by atoms with Gasteiger partial charge in [0.25, 0.3) is 0 Å². The van der Waals surface area contributed by atoms with Crippen LogP contribution in [-0.2, 0) is 14.6 Å². The van der Waals surface area contributed by atoms with Gasteiger partial charge in [-0.25, -0.2) is 8.42 Å². The minimum Gasteiger partial charge on any atom is -0.497 e. The molecule has 0 bridgehead atoms. The zero-order valence-electron chi connectivity index (χ0n) is 12.5. The molecule has 3 N–H and O–H groups in total. The van der Waals surface area contributed by atoms with E-state index in [4.69, 9.17) is 10.5 Å². The Morgan fingerprint density at radius 3 is 2.38 bits per heavy atom. The van der Waals surface area contributed by atoms with Crippen LogP contribution >= 0.6 is 0 Å². The van der Waals surface area contributed by atoms with Gasteiger partial charge in [-0.3, -0.25) is 4.79 Å². The minimum atomic E-state index is -3.11. The summed E-state index contributed by atoms with van der Waals surface area (Å²) in [5.74, 6) is 0.280. The van der Waals surface area contributed by atoms with Crippen LogP contribution in [0.25, 0.3) is 0 Å². The first kappa shape index (κ1) is 17.5. The maximum Gasteiger partial charge on any atom is 0.237 e. The molecule has 118 valence electrons. The van der Waals surface area contributed by atoms with Crippen molar-refractivity contribution in [2.75, 3.05) is 19.1 Å². The molecule has 1 aromatic carbocycles. The number of hydrogen-bond acceptors (Lipinski definition) is 5. The van der Waals surface area contributed by atoms with Gasteiger partial charge in [0, 0.05) is 6.26 Å². The fourth-order valence-corrected chi connectivity index (χ4v) is 2.45. The molecule has 0 aliphatic heterocycles. The van der Waals surface area contributed by atoms with E-state index in [0.717, 1.165) is 17.6 Å². The number of nitrogens with one attached hydrogen (secondary N) is 1. The lowest BCUT2D eigenvalue weighted by Crippen LogP contribution is -2.42. The predicted molar refractivity (Wildman–Crippen MR) is 81.9 cm³/mol. The highest BCUT2D eigenvalue weighted by Crippen LogP contribution is 2.17. The molecule has 0 aliphatic carbocycles. The van der Waals surface area contributed by atoms with Gasteiger partial charge in [-0.15, -0.1) is 0 Å². The molecular formula is C14H22N2O4S. The molecule has 0 saturated carbocycles. The lowest BCUT2D eigenvalue weighted by Gasteiger charge is -2.18. The van der Waals surface area contributed by atoms with Gasteiger partial charge in [0.1, 0.15) is 15.6 Å². The number of carbonyl (C=O) groups excluding carboxylic acids is 1. The van der Waals surface area contributed by atoms with Crippen LogP contribution in [0.15, 0.2) is 24.3 Å². The number of benzene rings is 1. The number of methoxy groups -OCH3 is 1. The van der Waals surface area contributed by atoms with Crippen LogP contribution in [0.3, 0.4) is 0 Å². The molecule has 7 heteroatoms. The van der Waals surface area contributed by atoms with E-state index in [1.54, 1.807) is 7.11 Å². The Balaban J connectivity index is 2.56. The summed E-state index contributed by atoms with van der Waals surface area (Å²) in [5, 5.41) is 2.77. The summed E-state index contributed by atoms with van der Waals surface area (Å²) in [7, 11) is -1.53. The third-order valence-corrected chi connectivity index (χ3v) is 4.09. The first-order valence-corrected chi connectivity index (χ1v) is 8.66. The Morgan fingerprint density at radius 1 is 1.33 bits per heavy atom. The molecule has 0 heterocycles. The largest absolute Gasteiger partial charge is 0.497 e. The average Bonchev–Trinajstić information content (AvgIpc) is 2.43. The van der Waals surface area contributed by atoms with E-state index in [-0.39, 0.29) is 24.1 Å². The van der Waals surface area contributed by atoms with Gasteiger partial charge >= 0.3 is 0 Å². The fourth-order valence-electron chi connectivity index (χ4n) is 1.77. The van der Waals surface area contributed by atoms with Crippen LogP contribution in [-0.4, -0.2) is 39.5 Å². The van der Waals surface area contributed by atoms with Crippen molar-refractivity contribution in [1.82, 2.24) is 5.32 Å². The first-order valence-electron chi connectivity index (χ1n) is 6.60. The number of sulfone groups is 1. The molecule has 2 atom stereocenters. The van der Waals surface area contributed by atoms with Gasteiger partial charge in [-0.05, 0) is 31.0 Å². The van der Waals surface area contributed by atoms with Crippen molar-refractivity contribution < 1.29 is 17.9 Å². The molecule has 1 aromatic rings.